The van der Waals surface area contributed by atoms with Crippen LogP contribution in [0.1, 0.15) is 15.9 Å². The summed E-state index contributed by atoms with van der Waals surface area (Å²) in [6, 6.07) is 12.4. The topological polar surface area (TPSA) is 46.5 Å². The second-order valence-corrected chi connectivity index (χ2v) is 5.54. The van der Waals surface area contributed by atoms with Gasteiger partial charge in [0.05, 0.1) is 10.0 Å². The Balaban J connectivity index is 2.17. The largest absolute Gasteiger partial charge is 0.488 e. The number of hydrogen-bond donors (Lipinski definition) is 1. The van der Waals surface area contributed by atoms with Gasteiger partial charge in [0.2, 0.25) is 0 Å². The standard InChI is InChI=1S/C14H10Br2O3/c15-11-4-2-1-3-10(11)8-19-13-7-9(14(17)18)5-6-12(13)16/h1-7H,8H2,(H,17,18). The van der Waals surface area contributed by atoms with Gasteiger partial charge >= 0.3 is 5.97 Å². The highest BCUT2D eigenvalue weighted by molar-refractivity contribution is 9.10. The molecule has 0 atom stereocenters. The van der Waals surface area contributed by atoms with Crippen molar-refractivity contribution in [2.24, 2.45) is 0 Å². The van der Waals surface area contributed by atoms with Crippen LogP contribution in [0.2, 0.25) is 0 Å². The molecule has 2 aromatic rings. The molecule has 2 rings (SSSR count). The average Bonchev–Trinajstić information content (AvgIpc) is 2.39. The molecule has 5 heteroatoms. The van der Waals surface area contributed by atoms with E-state index in [9.17, 15) is 4.79 Å². The summed E-state index contributed by atoms with van der Waals surface area (Å²) in [5, 5.41) is 8.95. The maximum atomic E-state index is 10.9. The molecular formula is C14H10Br2O3. The molecule has 19 heavy (non-hydrogen) atoms. The number of carboxylic acid groups (broad SMARTS) is 1. The molecule has 0 aliphatic rings. The van der Waals surface area contributed by atoms with Crippen molar-refractivity contribution >= 4 is 37.8 Å². The minimum absolute atomic E-state index is 0.199. The maximum absolute atomic E-state index is 10.9. The molecule has 0 saturated carbocycles. The van der Waals surface area contributed by atoms with Gasteiger partial charge in [-0.25, -0.2) is 4.79 Å². The van der Waals surface area contributed by atoms with Gasteiger partial charge in [0.15, 0.2) is 0 Å². The molecule has 0 aliphatic carbocycles. The fraction of sp³-hybridized carbons (Fsp3) is 0.0714. The maximum Gasteiger partial charge on any atom is 0.335 e. The first kappa shape index (κ1) is 14.1. The van der Waals surface area contributed by atoms with Crippen LogP contribution in [0.5, 0.6) is 5.75 Å². The number of benzene rings is 2. The Morgan fingerprint density at radius 3 is 2.53 bits per heavy atom. The van der Waals surface area contributed by atoms with Crippen molar-refractivity contribution in [3.8, 4) is 5.75 Å². The zero-order valence-corrected chi connectivity index (χ0v) is 12.9. The molecule has 0 bridgehead atoms. The van der Waals surface area contributed by atoms with E-state index >= 15 is 0 Å². The summed E-state index contributed by atoms with van der Waals surface area (Å²) >= 11 is 6.78. The Labute approximate surface area is 127 Å². The van der Waals surface area contributed by atoms with Crippen LogP contribution in [-0.2, 0) is 6.61 Å². The zero-order chi connectivity index (χ0) is 13.8. The van der Waals surface area contributed by atoms with Crippen molar-refractivity contribution in [2.45, 2.75) is 6.61 Å². The van der Waals surface area contributed by atoms with Crippen LogP contribution >= 0.6 is 31.9 Å². The van der Waals surface area contributed by atoms with Crippen LogP contribution in [-0.4, -0.2) is 11.1 Å². The molecule has 1 N–H and O–H groups in total. The zero-order valence-electron chi connectivity index (χ0n) is 9.77. The molecule has 0 fully saturated rings. The molecular weight excluding hydrogens is 376 g/mol. The molecule has 0 heterocycles. The highest BCUT2D eigenvalue weighted by atomic mass is 79.9. The second kappa shape index (κ2) is 6.21. The van der Waals surface area contributed by atoms with Crippen LogP contribution in [0.15, 0.2) is 51.4 Å². The lowest BCUT2D eigenvalue weighted by molar-refractivity contribution is 0.0696. The van der Waals surface area contributed by atoms with E-state index in [1.54, 1.807) is 6.07 Å². The van der Waals surface area contributed by atoms with Gasteiger partial charge in [-0.05, 0) is 40.2 Å². The number of halogens is 2. The Morgan fingerprint density at radius 2 is 1.84 bits per heavy atom. The van der Waals surface area contributed by atoms with Gasteiger partial charge in [0, 0.05) is 10.0 Å². The van der Waals surface area contributed by atoms with Crippen molar-refractivity contribution < 1.29 is 14.6 Å². The first-order chi connectivity index (χ1) is 9.08. The SMILES string of the molecule is O=C(O)c1ccc(Br)c(OCc2ccccc2Br)c1. The minimum Gasteiger partial charge on any atom is -0.488 e. The van der Waals surface area contributed by atoms with Gasteiger partial charge < -0.3 is 9.84 Å². The summed E-state index contributed by atoms with van der Waals surface area (Å²) < 4.78 is 7.34. The Hall–Kier alpha value is -1.33. The third-order valence-corrected chi connectivity index (χ3v) is 3.95. The average molecular weight is 386 g/mol. The van der Waals surface area contributed by atoms with E-state index in [1.165, 1.54) is 12.1 Å². The van der Waals surface area contributed by atoms with Crippen molar-refractivity contribution in [1.29, 1.82) is 0 Å². The van der Waals surface area contributed by atoms with Gasteiger partial charge in [-0.3, -0.25) is 0 Å². The first-order valence-corrected chi connectivity index (χ1v) is 7.05. The van der Waals surface area contributed by atoms with Crippen molar-refractivity contribution in [3.05, 3.63) is 62.5 Å². The fourth-order valence-electron chi connectivity index (χ4n) is 1.52. The van der Waals surface area contributed by atoms with Crippen molar-refractivity contribution in [3.63, 3.8) is 0 Å². The van der Waals surface area contributed by atoms with Crippen molar-refractivity contribution in [2.75, 3.05) is 0 Å². The second-order valence-electron chi connectivity index (χ2n) is 3.83. The third-order valence-electron chi connectivity index (χ3n) is 2.52. The number of carbonyl (C=O) groups is 1. The quantitative estimate of drug-likeness (QED) is 0.843. The predicted octanol–water partition coefficient (Wildman–Crippen LogP) is 4.49. The van der Waals surface area contributed by atoms with Gasteiger partial charge in [-0.2, -0.15) is 0 Å². The molecule has 98 valence electrons. The van der Waals surface area contributed by atoms with Gasteiger partial charge in [-0.15, -0.1) is 0 Å². The number of hydrogen-bond acceptors (Lipinski definition) is 2. The summed E-state index contributed by atoms with van der Waals surface area (Å²) in [7, 11) is 0. The molecule has 0 saturated heterocycles. The fourth-order valence-corrected chi connectivity index (χ4v) is 2.28. The van der Waals surface area contributed by atoms with E-state index in [2.05, 4.69) is 31.9 Å². The summed E-state index contributed by atoms with van der Waals surface area (Å²) in [6.07, 6.45) is 0. The summed E-state index contributed by atoms with van der Waals surface area (Å²) in [4.78, 5) is 10.9. The van der Waals surface area contributed by atoms with Crippen LogP contribution in [0.25, 0.3) is 0 Å². The van der Waals surface area contributed by atoms with E-state index < -0.39 is 5.97 Å². The highest BCUT2D eigenvalue weighted by Gasteiger charge is 2.08. The lowest BCUT2D eigenvalue weighted by Gasteiger charge is -2.10. The molecule has 3 nitrogen and oxygen atoms in total. The summed E-state index contributed by atoms with van der Waals surface area (Å²) in [5.41, 5.74) is 1.19. The normalized spacial score (nSPS) is 10.2. The van der Waals surface area contributed by atoms with E-state index in [0.717, 1.165) is 14.5 Å². The van der Waals surface area contributed by atoms with Crippen LogP contribution < -0.4 is 4.74 Å². The third kappa shape index (κ3) is 3.58. The first-order valence-electron chi connectivity index (χ1n) is 5.47. The molecule has 0 unspecified atom stereocenters. The molecule has 0 aliphatic heterocycles. The number of carboxylic acids is 1. The molecule has 2 aromatic carbocycles. The smallest absolute Gasteiger partial charge is 0.335 e. The van der Waals surface area contributed by atoms with Crippen LogP contribution in [0.4, 0.5) is 0 Å². The van der Waals surface area contributed by atoms with Crippen molar-refractivity contribution in [1.82, 2.24) is 0 Å². The Bertz CT molecular complexity index is 611. The van der Waals surface area contributed by atoms with E-state index in [0.29, 0.717) is 12.4 Å². The summed E-state index contributed by atoms with van der Waals surface area (Å²) in [6.45, 7) is 0.364. The number of rotatable bonds is 4. The van der Waals surface area contributed by atoms with Crippen LogP contribution in [0, 0.1) is 0 Å². The van der Waals surface area contributed by atoms with E-state index in [1.807, 2.05) is 24.3 Å². The van der Waals surface area contributed by atoms with Gasteiger partial charge in [0.25, 0.3) is 0 Å². The molecule has 0 amide bonds. The monoisotopic (exact) mass is 384 g/mol. The van der Waals surface area contributed by atoms with Gasteiger partial charge in [0.1, 0.15) is 12.4 Å². The van der Waals surface area contributed by atoms with E-state index in [4.69, 9.17) is 9.84 Å². The minimum atomic E-state index is -0.974. The van der Waals surface area contributed by atoms with Crippen LogP contribution in [0.3, 0.4) is 0 Å². The molecule has 0 aromatic heterocycles. The predicted molar refractivity (Wildman–Crippen MR) is 79.6 cm³/mol. The number of ether oxygens (including phenoxy) is 1. The highest BCUT2D eigenvalue weighted by Crippen LogP contribution is 2.27. The molecule has 0 spiro atoms. The van der Waals surface area contributed by atoms with Gasteiger partial charge in [-0.1, -0.05) is 34.1 Å². The summed E-state index contributed by atoms with van der Waals surface area (Å²) in [5.74, 6) is -0.464. The Kier molecular flexibility index (Phi) is 4.61. The lowest BCUT2D eigenvalue weighted by Crippen LogP contribution is -2.00. The number of aromatic carboxylic acids is 1. The lowest BCUT2D eigenvalue weighted by atomic mass is 10.2. The Morgan fingerprint density at radius 1 is 1.11 bits per heavy atom. The van der Waals surface area contributed by atoms with E-state index in [-0.39, 0.29) is 5.56 Å². The molecule has 0 radical (unpaired) electrons.